The number of rotatable bonds is 7. The van der Waals surface area contributed by atoms with Crippen LogP contribution < -0.4 is 10.1 Å². The van der Waals surface area contributed by atoms with Gasteiger partial charge in [0.15, 0.2) is 5.96 Å². The average Bonchev–Trinajstić information content (AvgIpc) is 2.48. The van der Waals surface area contributed by atoms with Crippen LogP contribution in [0.1, 0.15) is 18.4 Å². The van der Waals surface area contributed by atoms with Gasteiger partial charge in [0.25, 0.3) is 0 Å². The highest BCUT2D eigenvalue weighted by Gasteiger charge is 2.07. The van der Waals surface area contributed by atoms with Crippen LogP contribution in [-0.2, 0) is 6.54 Å². The lowest BCUT2D eigenvalue weighted by atomic mass is 10.2. The Kier molecular flexibility index (Phi) is 10.7. The summed E-state index contributed by atoms with van der Waals surface area (Å²) in [5.74, 6) is 1.50. The second-order valence-electron chi connectivity index (χ2n) is 4.43. The van der Waals surface area contributed by atoms with Gasteiger partial charge in [0.1, 0.15) is 0 Å². The quantitative estimate of drug-likeness (QED) is 0.250. The first-order valence-corrected chi connectivity index (χ1v) is 6.73. The lowest BCUT2D eigenvalue weighted by molar-refractivity contribution is 0.391. The third-order valence-electron chi connectivity index (χ3n) is 2.96. The maximum Gasteiger partial charge on any atom is 0.218 e. The Labute approximate surface area is 144 Å². The number of hydrogen-bond acceptors (Lipinski definition) is 3. The molecule has 0 aliphatic rings. The summed E-state index contributed by atoms with van der Waals surface area (Å²) in [6.07, 6.45) is 5.73. The number of ether oxygens (including phenoxy) is 1. The van der Waals surface area contributed by atoms with E-state index >= 15 is 0 Å². The Morgan fingerprint density at radius 2 is 2.33 bits per heavy atom. The van der Waals surface area contributed by atoms with Gasteiger partial charge >= 0.3 is 0 Å². The van der Waals surface area contributed by atoms with Gasteiger partial charge in [-0.25, -0.2) is 4.98 Å². The number of nitrogens with zero attached hydrogens (tertiary/aromatic N) is 3. The third-order valence-corrected chi connectivity index (χ3v) is 2.96. The number of aliphatic imine (C=N–C) groups is 1. The van der Waals surface area contributed by atoms with Gasteiger partial charge in [0, 0.05) is 38.9 Å². The Morgan fingerprint density at radius 3 is 2.95 bits per heavy atom. The van der Waals surface area contributed by atoms with Gasteiger partial charge in [-0.1, -0.05) is 12.1 Å². The lowest BCUT2D eigenvalue weighted by Gasteiger charge is -2.22. The number of methoxy groups -OCH3 is 1. The molecule has 1 aromatic heterocycles. The van der Waals surface area contributed by atoms with Crippen LogP contribution in [0.15, 0.2) is 36.0 Å². The first-order valence-electron chi connectivity index (χ1n) is 6.73. The van der Waals surface area contributed by atoms with Crippen LogP contribution in [0.5, 0.6) is 5.88 Å². The molecule has 0 aromatic carbocycles. The number of aromatic nitrogens is 1. The van der Waals surface area contributed by atoms with Crippen LogP contribution in [0, 0.1) is 0 Å². The van der Waals surface area contributed by atoms with Crippen molar-refractivity contribution in [3.8, 4) is 5.88 Å². The van der Waals surface area contributed by atoms with E-state index in [0.29, 0.717) is 12.4 Å². The molecule has 0 unspecified atom stereocenters. The molecule has 0 bridgehead atoms. The van der Waals surface area contributed by atoms with E-state index in [1.54, 1.807) is 20.4 Å². The molecule has 0 spiro atoms. The summed E-state index contributed by atoms with van der Waals surface area (Å²) in [4.78, 5) is 10.6. The topological polar surface area (TPSA) is 49.8 Å². The largest absolute Gasteiger partial charge is 0.481 e. The molecule has 0 amide bonds. The molecule has 0 fully saturated rings. The van der Waals surface area contributed by atoms with E-state index in [4.69, 9.17) is 4.74 Å². The number of halogens is 1. The maximum atomic E-state index is 5.24. The summed E-state index contributed by atoms with van der Waals surface area (Å²) in [7, 11) is 5.44. The van der Waals surface area contributed by atoms with Crippen LogP contribution in [0.25, 0.3) is 0 Å². The van der Waals surface area contributed by atoms with E-state index < -0.39 is 0 Å². The number of unbranched alkanes of at least 4 members (excludes halogenated alkanes) is 1. The zero-order chi connectivity index (χ0) is 14.8. The number of nitrogens with one attached hydrogen (secondary N) is 1. The minimum absolute atomic E-state index is 0. The van der Waals surface area contributed by atoms with Gasteiger partial charge in [0.05, 0.1) is 7.11 Å². The fourth-order valence-electron chi connectivity index (χ4n) is 1.88. The zero-order valence-corrected chi connectivity index (χ0v) is 15.3. The molecular formula is C15H25IN4O. The highest BCUT2D eigenvalue weighted by atomic mass is 127. The second kappa shape index (κ2) is 11.4. The van der Waals surface area contributed by atoms with Crippen molar-refractivity contribution >= 4 is 29.9 Å². The molecule has 0 radical (unpaired) electrons. The van der Waals surface area contributed by atoms with Gasteiger partial charge in [-0.2, -0.15) is 0 Å². The van der Waals surface area contributed by atoms with Crippen molar-refractivity contribution in [1.82, 2.24) is 15.2 Å². The average molecular weight is 404 g/mol. The van der Waals surface area contributed by atoms with Crippen LogP contribution in [-0.4, -0.2) is 43.6 Å². The lowest BCUT2D eigenvalue weighted by Crippen LogP contribution is -2.39. The minimum atomic E-state index is 0. The summed E-state index contributed by atoms with van der Waals surface area (Å²) in [5, 5.41) is 3.32. The zero-order valence-electron chi connectivity index (χ0n) is 13.0. The Hall–Kier alpha value is -1.31. The molecule has 21 heavy (non-hydrogen) atoms. The van der Waals surface area contributed by atoms with Crippen molar-refractivity contribution in [3.63, 3.8) is 0 Å². The maximum absolute atomic E-state index is 5.24. The van der Waals surface area contributed by atoms with Gasteiger partial charge in [0.2, 0.25) is 5.88 Å². The normalized spacial score (nSPS) is 10.5. The predicted molar refractivity (Wildman–Crippen MR) is 98.5 cm³/mol. The van der Waals surface area contributed by atoms with E-state index in [0.717, 1.165) is 30.9 Å². The summed E-state index contributed by atoms with van der Waals surface area (Å²) in [6, 6.07) is 3.89. The summed E-state index contributed by atoms with van der Waals surface area (Å²) in [5.41, 5.74) is 1.01. The third kappa shape index (κ3) is 6.79. The molecular weight excluding hydrogens is 379 g/mol. The Balaban J connectivity index is 0.00000400. The van der Waals surface area contributed by atoms with Crippen LogP contribution in [0.3, 0.4) is 0 Å². The van der Waals surface area contributed by atoms with Crippen molar-refractivity contribution in [3.05, 3.63) is 36.5 Å². The number of guanidine groups is 1. The van der Waals surface area contributed by atoms with E-state index in [1.165, 1.54) is 0 Å². The fraction of sp³-hybridized carbons (Fsp3) is 0.467. The molecule has 0 saturated heterocycles. The molecule has 0 aliphatic carbocycles. The number of pyridine rings is 1. The van der Waals surface area contributed by atoms with Crippen molar-refractivity contribution < 1.29 is 4.74 Å². The fourth-order valence-corrected chi connectivity index (χ4v) is 1.88. The predicted octanol–water partition coefficient (Wildman–Crippen LogP) is 2.68. The van der Waals surface area contributed by atoms with Gasteiger partial charge in [-0.15, -0.1) is 30.6 Å². The van der Waals surface area contributed by atoms with E-state index in [9.17, 15) is 0 Å². The second-order valence-corrected chi connectivity index (χ2v) is 4.43. The number of hydrogen-bond donors (Lipinski definition) is 1. The molecule has 1 rings (SSSR count). The molecule has 1 heterocycles. The highest BCUT2D eigenvalue weighted by molar-refractivity contribution is 14.0. The van der Waals surface area contributed by atoms with Crippen LogP contribution >= 0.6 is 24.0 Å². The summed E-state index contributed by atoms with van der Waals surface area (Å²) >= 11 is 0. The Bertz CT molecular complexity index is 451. The molecule has 1 N–H and O–H groups in total. The smallest absolute Gasteiger partial charge is 0.218 e. The molecule has 118 valence electrons. The summed E-state index contributed by atoms with van der Waals surface area (Å²) in [6.45, 7) is 5.31. The first kappa shape index (κ1) is 19.7. The van der Waals surface area contributed by atoms with E-state index in [2.05, 4.69) is 26.8 Å². The van der Waals surface area contributed by atoms with Crippen LogP contribution in [0.4, 0.5) is 0 Å². The van der Waals surface area contributed by atoms with Crippen molar-refractivity contribution in [2.75, 3.05) is 27.7 Å². The minimum Gasteiger partial charge on any atom is -0.481 e. The van der Waals surface area contributed by atoms with Gasteiger partial charge in [-0.3, -0.25) is 4.99 Å². The molecule has 5 nitrogen and oxygen atoms in total. The van der Waals surface area contributed by atoms with Gasteiger partial charge < -0.3 is 15.0 Å². The molecule has 6 heteroatoms. The van der Waals surface area contributed by atoms with Crippen molar-refractivity contribution in [2.45, 2.75) is 19.4 Å². The first-order chi connectivity index (χ1) is 9.72. The summed E-state index contributed by atoms with van der Waals surface area (Å²) < 4.78 is 5.24. The molecule has 0 saturated carbocycles. The molecule has 0 aliphatic heterocycles. The SMILES string of the molecule is C=CCCCN(C)C(=NC)NCc1cccnc1OC.I. The van der Waals surface area contributed by atoms with Gasteiger partial charge in [-0.05, 0) is 18.9 Å². The molecule has 0 atom stereocenters. The Morgan fingerprint density at radius 1 is 1.57 bits per heavy atom. The highest BCUT2D eigenvalue weighted by Crippen LogP contribution is 2.12. The standard InChI is InChI=1S/C15H24N4O.HI/c1-5-6-7-11-19(3)15(16-2)18-12-13-9-8-10-17-14(13)20-4;/h5,8-10H,1,6-7,11-12H2,2-4H3,(H,16,18);1H. The van der Waals surface area contributed by atoms with E-state index in [-0.39, 0.29) is 24.0 Å². The number of allylic oxidation sites excluding steroid dienone is 1. The van der Waals surface area contributed by atoms with Crippen molar-refractivity contribution in [2.24, 2.45) is 4.99 Å². The monoisotopic (exact) mass is 404 g/mol. The van der Waals surface area contributed by atoms with Crippen LogP contribution in [0.2, 0.25) is 0 Å². The van der Waals surface area contributed by atoms with E-state index in [1.807, 2.05) is 25.3 Å². The van der Waals surface area contributed by atoms with Crippen molar-refractivity contribution in [1.29, 1.82) is 0 Å². The molecule has 1 aromatic rings.